The van der Waals surface area contributed by atoms with Gasteiger partial charge in [-0.05, 0) is 50.2 Å². The molecule has 3 rings (SSSR count). The summed E-state index contributed by atoms with van der Waals surface area (Å²) in [6.45, 7) is 2.20. The molecule has 0 saturated heterocycles. The number of nitriles is 1. The summed E-state index contributed by atoms with van der Waals surface area (Å²) < 4.78 is 2.91. The maximum atomic E-state index is 8.92. The van der Waals surface area contributed by atoms with Crippen LogP contribution in [0.3, 0.4) is 0 Å². The Hall–Kier alpha value is -1.60. The average molecular weight is 229 g/mol. The molecule has 1 aromatic heterocycles. The first-order valence-electron chi connectivity index (χ1n) is 5.29. The Bertz CT molecular complexity index is 668. The number of H-pyrrole nitrogens is 1. The fraction of sp³-hybridized carbons (Fsp3) is 0.333. The van der Waals surface area contributed by atoms with Gasteiger partial charge in [0.05, 0.1) is 22.7 Å². The van der Waals surface area contributed by atoms with Gasteiger partial charge in [-0.2, -0.15) is 5.26 Å². The van der Waals surface area contributed by atoms with E-state index in [-0.39, 0.29) is 5.54 Å². The lowest BCUT2D eigenvalue weighted by Crippen LogP contribution is -2.11. The number of aromatic nitrogens is 2. The number of aromatic amines is 1. The predicted octanol–water partition coefficient (Wildman–Crippen LogP) is 3.08. The van der Waals surface area contributed by atoms with Crippen molar-refractivity contribution >= 4 is 23.3 Å². The van der Waals surface area contributed by atoms with Crippen molar-refractivity contribution in [1.82, 2.24) is 9.55 Å². The minimum Gasteiger partial charge on any atom is -0.331 e. The van der Waals surface area contributed by atoms with E-state index in [0.29, 0.717) is 5.56 Å². The van der Waals surface area contributed by atoms with Crippen molar-refractivity contribution in [2.45, 2.75) is 25.3 Å². The number of imidazole rings is 1. The zero-order valence-corrected chi connectivity index (χ0v) is 9.77. The Morgan fingerprint density at radius 2 is 2.25 bits per heavy atom. The van der Waals surface area contributed by atoms with Gasteiger partial charge in [0.15, 0.2) is 4.77 Å². The molecule has 0 aliphatic heterocycles. The fourth-order valence-corrected chi connectivity index (χ4v) is 2.54. The molecule has 4 heteroatoms. The van der Waals surface area contributed by atoms with Crippen molar-refractivity contribution in [2.75, 3.05) is 0 Å². The molecule has 1 aromatic carbocycles. The summed E-state index contributed by atoms with van der Waals surface area (Å²) in [6.07, 6.45) is 2.32. The largest absolute Gasteiger partial charge is 0.331 e. The Labute approximate surface area is 98.3 Å². The van der Waals surface area contributed by atoms with E-state index < -0.39 is 0 Å². The lowest BCUT2D eigenvalue weighted by Gasteiger charge is -2.11. The predicted molar refractivity (Wildman–Crippen MR) is 64.7 cm³/mol. The number of rotatable bonds is 1. The van der Waals surface area contributed by atoms with Crippen molar-refractivity contribution in [3.8, 4) is 6.07 Å². The average Bonchev–Trinajstić information content (AvgIpc) is 2.90. The molecule has 1 aliphatic carbocycles. The van der Waals surface area contributed by atoms with Gasteiger partial charge >= 0.3 is 0 Å². The highest BCUT2D eigenvalue weighted by Crippen LogP contribution is 2.44. The number of hydrogen-bond acceptors (Lipinski definition) is 2. The molecule has 16 heavy (non-hydrogen) atoms. The first kappa shape index (κ1) is 9.61. The summed E-state index contributed by atoms with van der Waals surface area (Å²) in [4.78, 5) is 3.19. The van der Waals surface area contributed by atoms with Crippen LogP contribution in [-0.2, 0) is 5.54 Å². The molecule has 0 radical (unpaired) electrons. The van der Waals surface area contributed by atoms with E-state index in [2.05, 4.69) is 22.5 Å². The third kappa shape index (κ3) is 1.22. The molecule has 1 aliphatic rings. The van der Waals surface area contributed by atoms with E-state index in [4.69, 9.17) is 17.5 Å². The van der Waals surface area contributed by atoms with Crippen molar-refractivity contribution in [3.63, 3.8) is 0 Å². The highest BCUT2D eigenvalue weighted by molar-refractivity contribution is 7.71. The molecule has 1 N–H and O–H groups in total. The van der Waals surface area contributed by atoms with E-state index in [1.807, 2.05) is 18.2 Å². The van der Waals surface area contributed by atoms with Gasteiger partial charge in [-0.15, -0.1) is 0 Å². The zero-order valence-electron chi connectivity index (χ0n) is 8.95. The Balaban J connectivity index is 2.38. The van der Waals surface area contributed by atoms with Gasteiger partial charge < -0.3 is 9.55 Å². The van der Waals surface area contributed by atoms with Crippen LogP contribution >= 0.6 is 12.2 Å². The summed E-state index contributed by atoms with van der Waals surface area (Å²) in [5.41, 5.74) is 2.89. The molecule has 1 fully saturated rings. The van der Waals surface area contributed by atoms with Crippen molar-refractivity contribution in [3.05, 3.63) is 28.5 Å². The van der Waals surface area contributed by atoms with Crippen LogP contribution in [0.5, 0.6) is 0 Å². The van der Waals surface area contributed by atoms with Crippen LogP contribution < -0.4 is 0 Å². The molecule has 0 amide bonds. The molecule has 0 bridgehead atoms. The molecule has 1 saturated carbocycles. The van der Waals surface area contributed by atoms with Crippen LogP contribution in [-0.4, -0.2) is 9.55 Å². The first-order chi connectivity index (χ1) is 7.64. The smallest absolute Gasteiger partial charge is 0.178 e. The summed E-state index contributed by atoms with van der Waals surface area (Å²) in [7, 11) is 0. The molecule has 1 heterocycles. The highest BCUT2D eigenvalue weighted by atomic mass is 32.1. The zero-order chi connectivity index (χ0) is 11.3. The van der Waals surface area contributed by atoms with Crippen LogP contribution in [0.1, 0.15) is 25.3 Å². The summed E-state index contributed by atoms with van der Waals surface area (Å²) >= 11 is 5.35. The minimum atomic E-state index is 0.156. The number of fused-ring (bicyclic) bond motifs is 1. The standard InChI is InChI=1S/C12H11N3S/c1-12(4-5-12)15-10-6-8(7-13)2-3-9(10)14-11(15)16/h2-3,6H,4-5H2,1H3,(H,14,16). The third-order valence-corrected chi connectivity index (χ3v) is 3.61. The van der Waals surface area contributed by atoms with E-state index in [1.165, 1.54) is 0 Å². The topological polar surface area (TPSA) is 44.5 Å². The summed E-state index contributed by atoms with van der Waals surface area (Å²) in [6, 6.07) is 7.81. The van der Waals surface area contributed by atoms with Gasteiger partial charge in [0.2, 0.25) is 0 Å². The van der Waals surface area contributed by atoms with Gasteiger partial charge in [0.1, 0.15) is 0 Å². The second kappa shape index (κ2) is 2.96. The second-order valence-electron chi connectivity index (χ2n) is 4.61. The van der Waals surface area contributed by atoms with Crippen LogP contribution in [0, 0.1) is 16.1 Å². The summed E-state index contributed by atoms with van der Waals surface area (Å²) in [5.74, 6) is 0. The Morgan fingerprint density at radius 3 is 2.88 bits per heavy atom. The van der Waals surface area contributed by atoms with Gasteiger partial charge in [-0.25, -0.2) is 0 Å². The molecule has 80 valence electrons. The number of hydrogen-bond donors (Lipinski definition) is 1. The molecular weight excluding hydrogens is 218 g/mol. The van der Waals surface area contributed by atoms with Crippen LogP contribution in [0.2, 0.25) is 0 Å². The van der Waals surface area contributed by atoms with Gasteiger partial charge in [0.25, 0.3) is 0 Å². The Kier molecular flexibility index (Phi) is 1.78. The number of nitrogens with zero attached hydrogens (tertiary/aromatic N) is 2. The second-order valence-corrected chi connectivity index (χ2v) is 4.99. The first-order valence-corrected chi connectivity index (χ1v) is 5.70. The monoisotopic (exact) mass is 229 g/mol. The third-order valence-electron chi connectivity index (χ3n) is 3.33. The molecule has 2 aromatic rings. The number of benzene rings is 1. The maximum Gasteiger partial charge on any atom is 0.178 e. The summed E-state index contributed by atoms with van der Waals surface area (Å²) in [5, 5.41) is 8.92. The van der Waals surface area contributed by atoms with Crippen molar-refractivity contribution in [2.24, 2.45) is 0 Å². The Morgan fingerprint density at radius 1 is 1.50 bits per heavy atom. The lowest BCUT2D eigenvalue weighted by atomic mass is 10.2. The lowest BCUT2D eigenvalue weighted by molar-refractivity contribution is 0.541. The van der Waals surface area contributed by atoms with Crippen LogP contribution in [0.4, 0.5) is 0 Å². The molecular formula is C12H11N3S. The van der Waals surface area contributed by atoms with Crippen LogP contribution in [0.15, 0.2) is 18.2 Å². The molecule has 0 atom stereocenters. The van der Waals surface area contributed by atoms with Crippen molar-refractivity contribution in [1.29, 1.82) is 5.26 Å². The van der Waals surface area contributed by atoms with Gasteiger partial charge in [-0.1, -0.05) is 0 Å². The molecule has 3 nitrogen and oxygen atoms in total. The normalized spacial score (nSPS) is 17.2. The SMILES string of the molecule is CC1(n2c(=S)[nH]c3ccc(C#N)cc32)CC1. The quantitative estimate of drug-likeness (QED) is 0.764. The molecule has 0 unspecified atom stereocenters. The molecule has 0 spiro atoms. The number of nitrogens with one attached hydrogen (secondary N) is 1. The fourth-order valence-electron chi connectivity index (χ4n) is 2.11. The van der Waals surface area contributed by atoms with Crippen LogP contribution in [0.25, 0.3) is 11.0 Å². The van der Waals surface area contributed by atoms with Gasteiger partial charge in [-0.3, -0.25) is 0 Å². The van der Waals surface area contributed by atoms with E-state index in [1.54, 1.807) is 0 Å². The van der Waals surface area contributed by atoms with Crippen molar-refractivity contribution < 1.29 is 0 Å². The van der Waals surface area contributed by atoms with E-state index in [9.17, 15) is 0 Å². The minimum absolute atomic E-state index is 0.156. The maximum absolute atomic E-state index is 8.92. The van der Waals surface area contributed by atoms with E-state index >= 15 is 0 Å². The highest BCUT2D eigenvalue weighted by Gasteiger charge is 2.40. The van der Waals surface area contributed by atoms with E-state index in [0.717, 1.165) is 28.6 Å². The van der Waals surface area contributed by atoms with Gasteiger partial charge in [0, 0.05) is 5.54 Å².